The van der Waals surface area contributed by atoms with Gasteiger partial charge in [-0.3, -0.25) is 4.90 Å². The SMILES string of the molecule is C#CC(O/N=C1/c2cc(OC)c(OC)cc2-c2[nH]c3ccc(OCCN4CCCC4)cc3c21)c1ccoc1. The molecule has 0 bridgehead atoms. The van der Waals surface area contributed by atoms with Gasteiger partial charge in [0.2, 0.25) is 6.10 Å². The summed E-state index contributed by atoms with van der Waals surface area (Å²) in [6, 6.07) is 11.7. The molecule has 194 valence electrons. The Labute approximate surface area is 221 Å². The molecule has 0 amide bonds. The van der Waals surface area contributed by atoms with E-state index in [-0.39, 0.29) is 0 Å². The molecule has 3 heterocycles. The minimum atomic E-state index is -0.691. The summed E-state index contributed by atoms with van der Waals surface area (Å²) in [6.45, 7) is 3.87. The number of ether oxygens (including phenoxy) is 3. The molecule has 1 N–H and O–H groups in total. The van der Waals surface area contributed by atoms with Crippen molar-refractivity contribution in [1.82, 2.24) is 9.88 Å². The fourth-order valence-corrected chi connectivity index (χ4v) is 5.24. The Morgan fingerprint density at radius 2 is 1.87 bits per heavy atom. The number of rotatable bonds is 9. The summed E-state index contributed by atoms with van der Waals surface area (Å²) in [4.78, 5) is 11.9. The summed E-state index contributed by atoms with van der Waals surface area (Å²) >= 11 is 0. The first-order valence-electron chi connectivity index (χ1n) is 12.7. The number of aromatic nitrogens is 1. The van der Waals surface area contributed by atoms with Gasteiger partial charge in [0, 0.05) is 39.7 Å². The van der Waals surface area contributed by atoms with Gasteiger partial charge >= 0.3 is 0 Å². The first-order valence-corrected chi connectivity index (χ1v) is 12.7. The Balaban J connectivity index is 1.40. The monoisotopic (exact) mass is 511 g/mol. The van der Waals surface area contributed by atoms with E-state index in [1.807, 2.05) is 24.3 Å². The van der Waals surface area contributed by atoms with Crippen LogP contribution < -0.4 is 14.2 Å². The van der Waals surface area contributed by atoms with Crippen molar-refractivity contribution in [2.24, 2.45) is 5.16 Å². The van der Waals surface area contributed by atoms with Crippen LogP contribution in [0.4, 0.5) is 0 Å². The number of hydrogen-bond donors (Lipinski definition) is 1. The maximum atomic E-state index is 6.15. The molecule has 8 nitrogen and oxygen atoms in total. The van der Waals surface area contributed by atoms with Crippen LogP contribution in [0.25, 0.3) is 22.2 Å². The third-order valence-corrected chi connectivity index (χ3v) is 7.18. The highest BCUT2D eigenvalue weighted by molar-refractivity contribution is 6.30. The summed E-state index contributed by atoms with van der Waals surface area (Å²) in [5, 5.41) is 5.58. The Bertz CT molecular complexity index is 1520. The smallest absolute Gasteiger partial charge is 0.215 e. The number of likely N-dealkylation sites (tertiary alicyclic amines) is 1. The number of terminal acetylenes is 1. The van der Waals surface area contributed by atoms with Crippen molar-refractivity contribution >= 4 is 16.6 Å². The van der Waals surface area contributed by atoms with Crippen LogP contribution >= 0.6 is 0 Å². The first-order chi connectivity index (χ1) is 18.7. The molecule has 0 saturated carbocycles. The molecule has 1 aliphatic heterocycles. The average molecular weight is 512 g/mol. The minimum absolute atomic E-state index is 0.600. The van der Waals surface area contributed by atoms with Crippen LogP contribution in [0.5, 0.6) is 17.2 Å². The van der Waals surface area contributed by atoms with E-state index in [1.165, 1.54) is 12.8 Å². The molecule has 2 aliphatic rings. The molecule has 1 atom stereocenters. The molecule has 1 saturated heterocycles. The normalized spacial score (nSPS) is 16.3. The molecule has 0 spiro atoms. The number of nitrogens with zero attached hydrogens (tertiary/aromatic N) is 2. The van der Waals surface area contributed by atoms with Crippen molar-refractivity contribution in [3.63, 3.8) is 0 Å². The summed E-state index contributed by atoms with van der Waals surface area (Å²) in [6.07, 6.45) is 10.7. The Kier molecular flexibility index (Phi) is 6.44. The summed E-state index contributed by atoms with van der Waals surface area (Å²) in [5.41, 5.74) is 5.97. The number of oxime groups is 1. The van der Waals surface area contributed by atoms with E-state index < -0.39 is 6.10 Å². The quantitative estimate of drug-likeness (QED) is 0.212. The van der Waals surface area contributed by atoms with E-state index in [1.54, 1.807) is 32.8 Å². The number of aromatic amines is 1. The van der Waals surface area contributed by atoms with Gasteiger partial charge in [0.25, 0.3) is 0 Å². The zero-order valence-corrected chi connectivity index (χ0v) is 21.5. The first kappa shape index (κ1) is 24.0. The average Bonchev–Trinajstić information content (AvgIpc) is 3.75. The molecule has 1 fully saturated rings. The lowest BCUT2D eigenvalue weighted by molar-refractivity contribution is 0.0996. The fourth-order valence-electron chi connectivity index (χ4n) is 5.24. The standard InChI is InChI=1S/C30H29N3O5/c1-4-25(19-9-13-36-18-19)38-32-30-22-17-27(35-3)26(34-2)16-21(22)29-28(30)23-15-20(7-8-24(23)31-29)37-14-12-33-10-5-6-11-33/h1,7-9,13,15-18,25,31H,5-6,10-12,14H2,2-3H3/b32-30-. The molecular formula is C30H29N3O5. The minimum Gasteiger partial charge on any atom is -0.493 e. The van der Waals surface area contributed by atoms with E-state index in [2.05, 4.69) is 27.0 Å². The van der Waals surface area contributed by atoms with Gasteiger partial charge in [0.05, 0.1) is 32.4 Å². The van der Waals surface area contributed by atoms with Gasteiger partial charge in [0.15, 0.2) is 11.5 Å². The molecule has 6 rings (SSSR count). The molecule has 2 aromatic carbocycles. The molecule has 1 unspecified atom stereocenters. The third kappa shape index (κ3) is 4.25. The lowest BCUT2D eigenvalue weighted by Crippen LogP contribution is -2.25. The molecule has 0 radical (unpaired) electrons. The topological polar surface area (TPSA) is 81.4 Å². The molecule has 4 aromatic rings. The van der Waals surface area contributed by atoms with Crippen molar-refractivity contribution in [1.29, 1.82) is 0 Å². The van der Waals surface area contributed by atoms with Crippen molar-refractivity contribution in [3.05, 3.63) is 65.6 Å². The highest BCUT2D eigenvalue weighted by Crippen LogP contribution is 2.46. The number of nitrogens with one attached hydrogen (secondary N) is 1. The molecule has 38 heavy (non-hydrogen) atoms. The highest BCUT2D eigenvalue weighted by Gasteiger charge is 2.32. The Hall–Kier alpha value is -4.35. The lowest BCUT2D eigenvalue weighted by Gasteiger charge is -2.15. The molecule has 1 aliphatic carbocycles. The maximum Gasteiger partial charge on any atom is 0.215 e. The lowest BCUT2D eigenvalue weighted by atomic mass is 10.1. The predicted octanol–water partition coefficient (Wildman–Crippen LogP) is 5.38. The number of hydrogen-bond acceptors (Lipinski definition) is 7. The Morgan fingerprint density at radius 3 is 2.58 bits per heavy atom. The van der Waals surface area contributed by atoms with E-state index in [4.69, 9.17) is 29.9 Å². The fraction of sp³-hybridized carbons (Fsp3) is 0.300. The van der Waals surface area contributed by atoms with Gasteiger partial charge in [-0.2, -0.15) is 0 Å². The van der Waals surface area contributed by atoms with E-state index in [0.717, 1.165) is 64.2 Å². The second kappa shape index (κ2) is 10.2. The zero-order chi connectivity index (χ0) is 26.1. The predicted molar refractivity (Wildman–Crippen MR) is 145 cm³/mol. The van der Waals surface area contributed by atoms with Crippen molar-refractivity contribution in [2.45, 2.75) is 18.9 Å². The van der Waals surface area contributed by atoms with Crippen molar-refractivity contribution in [3.8, 4) is 40.8 Å². The largest absolute Gasteiger partial charge is 0.493 e. The summed E-state index contributed by atoms with van der Waals surface area (Å²) in [5.74, 6) is 4.68. The van der Waals surface area contributed by atoms with E-state index in [0.29, 0.717) is 23.8 Å². The third-order valence-electron chi connectivity index (χ3n) is 7.18. The van der Waals surface area contributed by atoms with Crippen LogP contribution in [-0.2, 0) is 4.84 Å². The van der Waals surface area contributed by atoms with Crippen molar-refractivity contribution < 1.29 is 23.5 Å². The summed E-state index contributed by atoms with van der Waals surface area (Å²) < 4.78 is 22.5. The van der Waals surface area contributed by atoms with Crippen LogP contribution in [0, 0.1) is 12.3 Å². The highest BCUT2D eigenvalue weighted by atomic mass is 16.6. The second-order valence-corrected chi connectivity index (χ2v) is 9.38. The second-order valence-electron chi connectivity index (χ2n) is 9.38. The van der Waals surface area contributed by atoms with Gasteiger partial charge in [-0.25, -0.2) is 0 Å². The van der Waals surface area contributed by atoms with Gasteiger partial charge in [-0.1, -0.05) is 11.1 Å². The van der Waals surface area contributed by atoms with Crippen LogP contribution in [0.15, 0.2) is 58.5 Å². The van der Waals surface area contributed by atoms with Crippen LogP contribution in [0.2, 0.25) is 0 Å². The van der Waals surface area contributed by atoms with Gasteiger partial charge in [-0.15, -0.1) is 6.42 Å². The molecular weight excluding hydrogens is 482 g/mol. The van der Waals surface area contributed by atoms with Crippen LogP contribution in [0.3, 0.4) is 0 Å². The van der Waals surface area contributed by atoms with E-state index in [9.17, 15) is 0 Å². The maximum absolute atomic E-state index is 6.15. The van der Waals surface area contributed by atoms with Crippen molar-refractivity contribution in [2.75, 3.05) is 40.5 Å². The Morgan fingerprint density at radius 1 is 1.08 bits per heavy atom. The summed E-state index contributed by atoms with van der Waals surface area (Å²) in [7, 11) is 3.23. The number of H-pyrrole nitrogens is 1. The zero-order valence-electron chi connectivity index (χ0n) is 21.5. The van der Waals surface area contributed by atoms with Gasteiger partial charge in [0.1, 0.15) is 18.1 Å². The number of fused-ring (bicyclic) bond motifs is 5. The number of furan rings is 1. The molecule has 2 aromatic heterocycles. The van der Waals surface area contributed by atoms with Gasteiger partial charge in [-0.05, 0) is 62.3 Å². The van der Waals surface area contributed by atoms with Crippen LogP contribution in [0.1, 0.15) is 35.6 Å². The van der Waals surface area contributed by atoms with E-state index >= 15 is 0 Å². The number of methoxy groups -OCH3 is 2. The molecule has 8 heteroatoms. The van der Waals surface area contributed by atoms with Crippen LogP contribution in [-0.4, -0.2) is 56.1 Å². The van der Waals surface area contributed by atoms with Gasteiger partial charge < -0.3 is 28.4 Å². The number of benzene rings is 2.